The minimum Gasteiger partial charge on any atom is -0.496 e. The minimum atomic E-state index is -0.823. The van der Waals surface area contributed by atoms with Crippen LogP contribution in [0.1, 0.15) is 47.3 Å². The summed E-state index contributed by atoms with van der Waals surface area (Å²) in [5.41, 5.74) is 1.05. The summed E-state index contributed by atoms with van der Waals surface area (Å²) in [6, 6.07) is 4.04. The Bertz CT molecular complexity index is 699. The van der Waals surface area contributed by atoms with Crippen molar-refractivity contribution in [2.75, 3.05) is 7.11 Å². The number of hydrogen-bond acceptors (Lipinski definition) is 4. The highest BCUT2D eigenvalue weighted by Crippen LogP contribution is 2.44. The summed E-state index contributed by atoms with van der Waals surface area (Å²) in [5.74, 6) is -0.00367. The van der Waals surface area contributed by atoms with E-state index >= 15 is 0 Å². The van der Waals surface area contributed by atoms with Crippen LogP contribution in [0.15, 0.2) is 17.0 Å². The van der Waals surface area contributed by atoms with Gasteiger partial charge in [0.25, 0.3) is 0 Å². The third kappa shape index (κ3) is 2.97. The molecule has 1 aromatic heterocycles. The zero-order valence-electron chi connectivity index (χ0n) is 12.8. The molecule has 0 radical (unpaired) electrons. The molecule has 0 bridgehead atoms. The lowest BCUT2D eigenvalue weighted by atomic mass is 10.0. The minimum absolute atomic E-state index is 0.471. The van der Waals surface area contributed by atoms with E-state index in [0.717, 1.165) is 26.3 Å². The number of rotatable bonds is 4. The van der Waals surface area contributed by atoms with E-state index in [9.17, 15) is 9.90 Å². The van der Waals surface area contributed by atoms with Crippen molar-refractivity contribution in [1.29, 1.82) is 0 Å². The topological polar surface area (TPSA) is 46.5 Å². The Kier molecular flexibility index (Phi) is 4.64. The molecule has 2 aromatic rings. The highest BCUT2D eigenvalue weighted by atomic mass is 32.2. The average molecular weight is 336 g/mol. The highest BCUT2D eigenvalue weighted by molar-refractivity contribution is 8.00. The fraction of sp³-hybridized carbons (Fsp3) is 0.471. The Balaban J connectivity index is 2.06. The molecule has 1 aliphatic carbocycles. The molecular weight excluding hydrogens is 316 g/mol. The molecule has 1 heterocycles. The number of carboxylic acids is 1. The van der Waals surface area contributed by atoms with Gasteiger partial charge in [-0.1, -0.05) is 19.3 Å². The Hall–Kier alpha value is -1.20. The van der Waals surface area contributed by atoms with E-state index < -0.39 is 5.97 Å². The molecule has 0 spiro atoms. The largest absolute Gasteiger partial charge is 0.496 e. The molecule has 22 heavy (non-hydrogen) atoms. The summed E-state index contributed by atoms with van der Waals surface area (Å²) < 4.78 is 6.36. The first-order valence-electron chi connectivity index (χ1n) is 7.61. The molecule has 0 saturated heterocycles. The van der Waals surface area contributed by atoms with Crippen LogP contribution in [0.5, 0.6) is 5.75 Å². The van der Waals surface area contributed by atoms with Gasteiger partial charge in [-0.25, -0.2) is 4.79 Å². The molecule has 3 rings (SSSR count). The number of aromatic carboxylic acids is 1. The molecule has 5 heteroatoms. The molecule has 1 aliphatic rings. The van der Waals surface area contributed by atoms with Crippen LogP contribution in [0, 0.1) is 6.92 Å². The van der Waals surface area contributed by atoms with Crippen molar-refractivity contribution in [3.63, 3.8) is 0 Å². The van der Waals surface area contributed by atoms with Crippen LogP contribution in [0.3, 0.4) is 0 Å². The second-order valence-corrected chi connectivity index (χ2v) is 8.12. The van der Waals surface area contributed by atoms with Crippen molar-refractivity contribution in [1.82, 2.24) is 0 Å². The Morgan fingerprint density at radius 2 is 2.05 bits per heavy atom. The molecule has 1 N–H and O–H groups in total. The van der Waals surface area contributed by atoms with Gasteiger partial charge in [0.05, 0.1) is 7.11 Å². The summed E-state index contributed by atoms with van der Waals surface area (Å²) in [4.78, 5) is 13.1. The van der Waals surface area contributed by atoms with Crippen molar-refractivity contribution >= 4 is 39.2 Å². The van der Waals surface area contributed by atoms with E-state index in [1.807, 2.05) is 13.0 Å². The van der Waals surface area contributed by atoms with Gasteiger partial charge < -0.3 is 9.84 Å². The van der Waals surface area contributed by atoms with Gasteiger partial charge in [0.1, 0.15) is 10.6 Å². The first kappa shape index (κ1) is 15.7. The number of thiophene rings is 1. The molecule has 3 nitrogen and oxygen atoms in total. The van der Waals surface area contributed by atoms with E-state index in [1.165, 1.54) is 43.4 Å². The number of hydrogen-bond donors (Lipinski definition) is 1. The maximum atomic E-state index is 11.6. The third-order valence-corrected chi connectivity index (χ3v) is 6.93. The first-order valence-corrected chi connectivity index (χ1v) is 9.31. The predicted molar refractivity (Wildman–Crippen MR) is 92.8 cm³/mol. The van der Waals surface area contributed by atoms with Crippen LogP contribution in [0.4, 0.5) is 0 Å². The van der Waals surface area contributed by atoms with E-state index in [-0.39, 0.29) is 0 Å². The van der Waals surface area contributed by atoms with E-state index in [1.54, 1.807) is 18.9 Å². The van der Waals surface area contributed by atoms with Crippen LogP contribution in [-0.4, -0.2) is 23.4 Å². The summed E-state index contributed by atoms with van der Waals surface area (Å²) in [5, 5.41) is 11.2. The molecule has 1 fully saturated rings. The van der Waals surface area contributed by atoms with Crippen molar-refractivity contribution < 1.29 is 14.6 Å². The Morgan fingerprint density at radius 1 is 1.32 bits per heavy atom. The van der Waals surface area contributed by atoms with Gasteiger partial charge in [0.15, 0.2) is 0 Å². The monoisotopic (exact) mass is 336 g/mol. The number of fused-ring (bicyclic) bond motifs is 1. The maximum Gasteiger partial charge on any atom is 0.347 e. The fourth-order valence-corrected chi connectivity index (χ4v) is 5.71. The third-order valence-electron chi connectivity index (χ3n) is 4.19. The molecular formula is C17H20O3S2. The lowest BCUT2D eigenvalue weighted by Gasteiger charge is -2.21. The number of benzene rings is 1. The summed E-state index contributed by atoms with van der Waals surface area (Å²) in [7, 11) is 1.65. The molecule has 0 atom stereocenters. The van der Waals surface area contributed by atoms with Gasteiger partial charge in [0, 0.05) is 20.2 Å². The lowest BCUT2D eigenvalue weighted by molar-refractivity contribution is 0.0699. The molecule has 0 amide bonds. The number of methoxy groups -OCH3 is 1. The lowest BCUT2D eigenvalue weighted by Crippen LogP contribution is -2.08. The summed E-state index contributed by atoms with van der Waals surface area (Å²) in [6.07, 6.45) is 6.21. The van der Waals surface area contributed by atoms with Gasteiger partial charge in [-0.2, -0.15) is 0 Å². The zero-order chi connectivity index (χ0) is 15.7. The van der Waals surface area contributed by atoms with E-state index in [0.29, 0.717) is 10.1 Å². The smallest absolute Gasteiger partial charge is 0.347 e. The molecule has 1 aromatic carbocycles. The van der Waals surface area contributed by atoms with Crippen LogP contribution >= 0.6 is 23.1 Å². The standard InChI is InChI=1S/C17H20O3S2/c1-10-8-12-14(9-13(10)20-2)22-16(17(18)19)15(12)21-11-6-4-3-5-7-11/h8-9,11H,3-7H2,1-2H3,(H,18,19). The number of carbonyl (C=O) groups is 1. The van der Waals surface area contributed by atoms with Gasteiger partial charge in [0.2, 0.25) is 0 Å². The molecule has 0 aliphatic heterocycles. The van der Waals surface area contributed by atoms with Crippen molar-refractivity contribution in [3.8, 4) is 5.75 Å². The van der Waals surface area contributed by atoms with Gasteiger partial charge in [-0.15, -0.1) is 23.1 Å². The van der Waals surface area contributed by atoms with Gasteiger partial charge >= 0.3 is 5.97 Å². The van der Waals surface area contributed by atoms with Crippen LogP contribution in [0.25, 0.3) is 10.1 Å². The van der Waals surface area contributed by atoms with Crippen LogP contribution in [-0.2, 0) is 0 Å². The number of carboxylic acid groups (broad SMARTS) is 1. The van der Waals surface area contributed by atoms with Crippen molar-refractivity contribution in [2.24, 2.45) is 0 Å². The maximum absolute atomic E-state index is 11.6. The van der Waals surface area contributed by atoms with Crippen molar-refractivity contribution in [2.45, 2.75) is 49.2 Å². The molecule has 118 valence electrons. The SMILES string of the molecule is COc1cc2sc(C(=O)O)c(SC3CCCCC3)c2cc1C. The first-order chi connectivity index (χ1) is 10.6. The summed E-state index contributed by atoms with van der Waals surface area (Å²) in [6.45, 7) is 2.01. The van der Waals surface area contributed by atoms with E-state index in [4.69, 9.17) is 4.74 Å². The van der Waals surface area contributed by atoms with E-state index in [2.05, 4.69) is 6.07 Å². The Labute approximate surface area is 138 Å². The zero-order valence-corrected chi connectivity index (χ0v) is 14.5. The number of thioether (sulfide) groups is 1. The normalized spacial score (nSPS) is 16.1. The average Bonchev–Trinajstić information content (AvgIpc) is 2.85. The van der Waals surface area contributed by atoms with Crippen molar-refractivity contribution in [3.05, 3.63) is 22.6 Å². The van der Waals surface area contributed by atoms with Gasteiger partial charge in [-0.05, 0) is 37.5 Å². The quantitative estimate of drug-likeness (QED) is 0.818. The number of ether oxygens (including phenoxy) is 1. The fourth-order valence-electron chi connectivity index (χ4n) is 3.04. The molecule has 0 unspecified atom stereocenters. The highest BCUT2D eigenvalue weighted by Gasteiger charge is 2.23. The van der Waals surface area contributed by atoms with Crippen LogP contribution < -0.4 is 4.74 Å². The second-order valence-electron chi connectivity index (χ2n) is 5.76. The second kappa shape index (κ2) is 6.50. The summed E-state index contributed by atoms with van der Waals surface area (Å²) >= 11 is 3.13. The molecule has 1 saturated carbocycles. The van der Waals surface area contributed by atoms with Gasteiger partial charge in [-0.3, -0.25) is 0 Å². The number of aryl methyl sites for hydroxylation is 1. The Morgan fingerprint density at radius 3 is 2.68 bits per heavy atom. The predicted octanol–water partition coefficient (Wildman–Crippen LogP) is 5.34. The van der Waals surface area contributed by atoms with Crippen LogP contribution in [0.2, 0.25) is 0 Å².